The van der Waals surface area contributed by atoms with E-state index in [2.05, 4.69) is 50.3 Å². The van der Waals surface area contributed by atoms with Crippen LogP contribution in [0.15, 0.2) is 91.3 Å². The highest BCUT2D eigenvalue weighted by Crippen LogP contribution is 2.29. The molecule has 3 aromatic heterocycles. The molecule has 2 aromatic carbocycles. The van der Waals surface area contributed by atoms with Gasteiger partial charge in [-0.15, -0.1) is 0 Å². The molecule has 1 saturated carbocycles. The van der Waals surface area contributed by atoms with Crippen LogP contribution in [0.4, 0.5) is 4.39 Å². The first-order valence-electron chi connectivity index (χ1n) is 16.9. The average Bonchev–Trinajstić information content (AvgIpc) is 3.57. The van der Waals surface area contributed by atoms with Crippen molar-refractivity contribution in [3.05, 3.63) is 114 Å². The van der Waals surface area contributed by atoms with Crippen molar-refractivity contribution >= 4 is 17.3 Å². The van der Waals surface area contributed by atoms with Gasteiger partial charge in [0.2, 0.25) is 5.88 Å². The molecule has 5 aromatic rings. The van der Waals surface area contributed by atoms with Crippen LogP contribution in [0, 0.1) is 5.82 Å². The summed E-state index contributed by atoms with van der Waals surface area (Å²) in [6.45, 7) is 1.93. The minimum atomic E-state index is -0.634. The van der Waals surface area contributed by atoms with Gasteiger partial charge in [-0.1, -0.05) is 42.5 Å². The Balaban J connectivity index is 1.02. The van der Waals surface area contributed by atoms with Crippen LogP contribution in [0.2, 0.25) is 0 Å². The van der Waals surface area contributed by atoms with E-state index in [0.29, 0.717) is 37.1 Å². The zero-order chi connectivity index (χ0) is 34.0. The van der Waals surface area contributed by atoms with Crippen LogP contribution in [-0.2, 0) is 6.42 Å². The Labute approximate surface area is 284 Å². The van der Waals surface area contributed by atoms with Crippen LogP contribution in [-0.4, -0.2) is 63.3 Å². The summed E-state index contributed by atoms with van der Waals surface area (Å²) in [5, 5.41) is 22.6. The molecule has 11 heteroatoms. The number of carbonyl (C=O) groups excluding carboxylic acids is 2. The van der Waals surface area contributed by atoms with Crippen molar-refractivity contribution in [3.63, 3.8) is 0 Å². The summed E-state index contributed by atoms with van der Waals surface area (Å²) in [5.74, 6) is -0.821. The molecule has 1 aliphatic carbocycles. The Morgan fingerprint density at radius 1 is 0.857 bits per heavy atom. The van der Waals surface area contributed by atoms with Gasteiger partial charge in [0, 0.05) is 24.9 Å². The molecular formula is C38H41FN6O4. The fourth-order valence-corrected chi connectivity index (χ4v) is 6.09. The van der Waals surface area contributed by atoms with Crippen molar-refractivity contribution in [1.82, 2.24) is 30.5 Å². The lowest BCUT2D eigenvalue weighted by molar-refractivity contribution is 0.0887. The summed E-state index contributed by atoms with van der Waals surface area (Å²) in [6.07, 6.45) is 8.25. The second-order valence-corrected chi connectivity index (χ2v) is 12.4. The van der Waals surface area contributed by atoms with E-state index in [1.165, 1.54) is 5.56 Å². The van der Waals surface area contributed by atoms with Crippen LogP contribution >= 0.6 is 0 Å². The maximum atomic E-state index is 14.3. The largest absolute Gasteiger partial charge is 0.438 e. The Morgan fingerprint density at radius 2 is 1.61 bits per heavy atom. The minimum absolute atomic E-state index is 0.0166. The van der Waals surface area contributed by atoms with E-state index in [4.69, 9.17) is 9.84 Å². The average molecular weight is 665 g/mol. The number of nitrogens with one attached hydrogen (secondary N) is 3. The van der Waals surface area contributed by atoms with Crippen molar-refractivity contribution in [2.24, 2.45) is 0 Å². The lowest BCUT2D eigenvalue weighted by Crippen LogP contribution is -2.44. The number of aliphatic hydroxyl groups is 1. The van der Waals surface area contributed by atoms with E-state index in [1.807, 2.05) is 36.4 Å². The highest BCUT2D eigenvalue weighted by Gasteiger charge is 2.26. The molecule has 1 fully saturated rings. The topological polar surface area (TPSA) is 130 Å². The number of hydrogen-bond donors (Lipinski definition) is 4. The number of pyridine rings is 2. The van der Waals surface area contributed by atoms with E-state index in [9.17, 15) is 14.0 Å². The van der Waals surface area contributed by atoms with E-state index in [1.54, 1.807) is 22.8 Å². The molecule has 0 aliphatic heterocycles. The molecule has 49 heavy (non-hydrogen) atoms. The van der Waals surface area contributed by atoms with Crippen molar-refractivity contribution in [3.8, 4) is 22.8 Å². The second-order valence-electron chi connectivity index (χ2n) is 12.4. The Morgan fingerprint density at radius 3 is 2.37 bits per heavy atom. The molecule has 3 heterocycles. The van der Waals surface area contributed by atoms with Gasteiger partial charge in [-0.3, -0.25) is 9.59 Å². The van der Waals surface area contributed by atoms with Crippen molar-refractivity contribution < 1.29 is 23.8 Å². The van der Waals surface area contributed by atoms with Gasteiger partial charge < -0.3 is 25.8 Å². The number of hydrogen-bond acceptors (Lipinski definition) is 7. The molecule has 6 rings (SSSR count). The second kappa shape index (κ2) is 16.3. The maximum absolute atomic E-state index is 14.3. The summed E-state index contributed by atoms with van der Waals surface area (Å²) in [6, 6.07) is 24.2. The van der Waals surface area contributed by atoms with E-state index < -0.39 is 11.7 Å². The lowest BCUT2D eigenvalue weighted by atomic mass is 9.91. The number of fused-ring (bicyclic) bond motifs is 1. The molecular weight excluding hydrogens is 623 g/mol. The summed E-state index contributed by atoms with van der Waals surface area (Å²) in [4.78, 5) is 30.3. The van der Waals surface area contributed by atoms with Crippen molar-refractivity contribution in [2.75, 3.05) is 19.7 Å². The first-order chi connectivity index (χ1) is 23.9. The quantitative estimate of drug-likeness (QED) is 0.112. The van der Waals surface area contributed by atoms with Gasteiger partial charge in [0.1, 0.15) is 17.1 Å². The zero-order valence-corrected chi connectivity index (χ0v) is 27.3. The van der Waals surface area contributed by atoms with Crippen LogP contribution in [0.5, 0.6) is 11.6 Å². The highest BCUT2D eigenvalue weighted by molar-refractivity contribution is 5.96. The highest BCUT2D eigenvalue weighted by atomic mass is 19.1. The van der Waals surface area contributed by atoms with Crippen LogP contribution in [0.1, 0.15) is 64.9 Å². The normalized spacial score (nSPS) is 16.0. The number of rotatable bonds is 14. The van der Waals surface area contributed by atoms with Crippen molar-refractivity contribution in [2.45, 2.75) is 57.0 Å². The number of halogens is 1. The SMILES string of the molecule is O=C(N[C@H]1CC[C@@H](NC(=O)c2cc(F)cnc2Oc2cccc(-c3ccc(CCCNCCCO)cc3)c2)CC1)c1cc2ccccn2n1. The van der Waals surface area contributed by atoms with Gasteiger partial charge >= 0.3 is 0 Å². The summed E-state index contributed by atoms with van der Waals surface area (Å²) in [7, 11) is 0. The molecule has 0 saturated heterocycles. The number of nitrogens with zero attached hydrogens (tertiary/aromatic N) is 3. The third kappa shape index (κ3) is 9.07. The molecule has 254 valence electrons. The molecule has 0 bridgehead atoms. The fraction of sp³-hybridized carbons (Fsp3) is 0.316. The van der Waals surface area contributed by atoms with Crippen LogP contribution in [0.3, 0.4) is 0 Å². The third-order valence-corrected chi connectivity index (χ3v) is 8.73. The minimum Gasteiger partial charge on any atom is -0.438 e. The first-order valence-corrected chi connectivity index (χ1v) is 16.9. The predicted molar refractivity (Wildman–Crippen MR) is 185 cm³/mol. The number of benzene rings is 2. The maximum Gasteiger partial charge on any atom is 0.272 e. The van der Waals surface area contributed by atoms with Crippen molar-refractivity contribution in [1.29, 1.82) is 0 Å². The molecule has 2 amide bonds. The van der Waals surface area contributed by atoms with Crippen LogP contribution < -0.4 is 20.7 Å². The summed E-state index contributed by atoms with van der Waals surface area (Å²) in [5.41, 5.74) is 4.43. The van der Waals surface area contributed by atoms with Gasteiger partial charge in [0.15, 0.2) is 5.69 Å². The molecule has 0 radical (unpaired) electrons. The van der Waals surface area contributed by atoms with Gasteiger partial charge in [0.25, 0.3) is 11.8 Å². The Bertz CT molecular complexity index is 1840. The Kier molecular flexibility index (Phi) is 11.2. The fourth-order valence-electron chi connectivity index (χ4n) is 6.09. The Hall–Kier alpha value is -5.13. The predicted octanol–water partition coefficient (Wildman–Crippen LogP) is 5.70. The molecule has 10 nitrogen and oxygen atoms in total. The van der Waals surface area contributed by atoms with E-state index in [0.717, 1.165) is 61.3 Å². The number of aryl methyl sites for hydroxylation is 1. The summed E-state index contributed by atoms with van der Waals surface area (Å²) >= 11 is 0. The number of carbonyl (C=O) groups is 2. The van der Waals surface area contributed by atoms with E-state index in [-0.39, 0.29) is 36.0 Å². The number of amides is 2. The molecule has 1 aliphatic rings. The molecule has 4 N–H and O–H groups in total. The first kappa shape index (κ1) is 33.8. The lowest BCUT2D eigenvalue weighted by Gasteiger charge is -2.29. The number of aromatic nitrogens is 3. The molecule has 0 atom stereocenters. The van der Waals surface area contributed by atoms with Gasteiger partial charge in [-0.2, -0.15) is 5.10 Å². The van der Waals surface area contributed by atoms with E-state index >= 15 is 0 Å². The third-order valence-electron chi connectivity index (χ3n) is 8.73. The van der Waals surface area contributed by atoms with Gasteiger partial charge in [-0.25, -0.2) is 13.9 Å². The monoisotopic (exact) mass is 664 g/mol. The number of aliphatic hydroxyl groups excluding tert-OH is 1. The number of ether oxygens (including phenoxy) is 1. The standard InChI is InChI=1S/C38H41FN6O4/c39-29-23-34(36(47)42-30-14-16-31(17-15-30)43-37(48)35-24-32-8-1-2-20-45(32)44-35)38(41-25-29)49-33-9-3-7-28(22-33)27-12-10-26(11-13-27)6-4-18-40-19-5-21-46/h1-3,7-13,20,22-25,30-31,40,46H,4-6,14-19,21H2,(H,42,47)(H,43,48)/t30-,31+. The smallest absolute Gasteiger partial charge is 0.272 e. The summed E-state index contributed by atoms with van der Waals surface area (Å²) < 4.78 is 22.0. The van der Waals surface area contributed by atoms with Gasteiger partial charge in [0.05, 0.1) is 11.7 Å². The van der Waals surface area contributed by atoms with Crippen LogP contribution in [0.25, 0.3) is 16.6 Å². The molecule has 0 unspecified atom stereocenters. The zero-order valence-electron chi connectivity index (χ0n) is 27.3. The van der Waals surface area contributed by atoms with Gasteiger partial charge in [-0.05, 0) is 111 Å². The molecule has 0 spiro atoms.